The molecule has 0 aliphatic rings. The number of aromatic hydroxyl groups is 1. The van der Waals surface area contributed by atoms with Crippen LogP contribution in [0.1, 0.15) is 27.6 Å². The molecule has 1 heterocycles. The third-order valence-electron chi connectivity index (χ3n) is 5.68. The molecule has 178 valence electrons. The highest BCUT2D eigenvalue weighted by Crippen LogP contribution is 2.24. The summed E-state index contributed by atoms with van der Waals surface area (Å²) < 4.78 is 0. The summed E-state index contributed by atoms with van der Waals surface area (Å²) in [7, 11) is 1.63. The van der Waals surface area contributed by atoms with Crippen LogP contribution >= 0.6 is 0 Å². The van der Waals surface area contributed by atoms with Crippen LogP contribution in [0.3, 0.4) is 0 Å². The highest BCUT2D eigenvalue weighted by molar-refractivity contribution is 5.99. The standard InChI is InChI=1S/C28H28N4O3/c1-32(19-25(34)21-12-14-23(33)15-13-21)27(35)24-18-30-28(29-17-16-20-8-4-2-5-9-20)31-26(24)22-10-6-3-7-11-22/h2-15,18,25,33-34H,16-17,19H2,1H3,(H,29,30,31). The van der Waals surface area contributed by atoms with E-state index in [-0.39, 0.29) is 18.2 Å². The van der Waals surface area contributed by atoms with E-state index in [1.165, 1.54) is 28.8 Å². The van der Waals surface area contributed by atoms with E-state index in [1.807, 2.05) is 48.5 Å². The predicted octanol–water partition coefficient (Wildman–Crippen LogP) is 4.31. The summed E-state index contributed by atoms with van der Waals surface area (Å²) in [6.07, 6.45) is 1.46. The average molecular weight is 469 g/mol. The smallest absolute Gasteiger partial charge is 0.257 e. The van der Waals surface area contributed by atoms with E-state index in [0.717, 1.165) is 12.0 Å². The zero-order chi connectivity index (χ0) is 24.6. The lowest BCUT2D eigenvalue weighted by molar-refractivity contribution is 0.0681. The van der Waals surface area contributed by atoms with Gasteiger partial charge in [0.05, 0.1) is 23.9 Å². The van der Waals surface area contributed by atoms with Crippen molar-refractivity contribution in [3.8, 4) is 17.0 Å². The average Bonchev–Trinajstić information content (AvgIpc) is 2.89. The zero-order valence-electron chi connectivity index (χ0n) is 19.5. The van der Waals surface area contributed by atoms with Gasteiger partial charge < -0.3 is 20.4 Å². The molecule has 0 saturated carbocycles. The number of likely N-dealkylation sites (N-methyl/N-ethyl adjacent to an activating group) is 1. The maximum absolute atomic E-state index is 13.3. The van der Waals surface area contributed by atoms with E-state index >= 15 is 0 Å². The van der Waals surface area contributed by atoms with Crippen LogP contribution in [0.25, 0.3) is 11.3 Å². The number of nitrogens with one attached hydrogen (secondary N) is 1. The zero-order valence-corrected chi connectivity index (χ0v) is 19.5. The molecule has 1 amide bonds. The van der Waals surface area contributed by atoms with Gasteiger partial charge in [-0.15, -0.1) is 0 Å². The van der Waals surface area contributed by atoms with Gasteiger partial charge in [0.15, 0.2) is 0 Å². The van der Waals surface area contributed by atoms with Gasteiger partial charge in [-0.2, -0.15) is 0 Å². The van der Waals surface area contributed by atoms with Gasteiger partial charge in [0.1, 0.15) is 5.75 Å². The fourth-order valence-corrected chi connectivity index (χ4v) is 3.75. The van der Waals surface area contributed by atoms with Crippen molar-refractivity contribution >= 4 is 11.9 Å². The summed E-state index contributed by atoms with van der Waals surface area (Å²) >= 11 is 0. The van der Waals surface area contributed by atoms with Gasteiger partial charge in [0.2, 0.25) is 5.95 Å². The number of phenolic OH excluding ortho intramolecular Hbond substituents is 1. The molecule has 0 aliphatic heterocycles. The number of hydrogen-bond donors (Lipinski definition) is 3. The first kappa shape index (κ1) is 23.9. The molecule has 7 heteroatoms. The number of carbonyl (C=O) groups excluding carboxylic acids is 1. The number of aliphatic hydroxyl groups is 1. The minimum Gasteiger partial charge on any atom is -0.508 e. The number of anilines is 1. The van der Waals surface area contributed by atoms with Gasteiger partial charge in [-0.1, -0.05) is 72.8 Å². The van der Waals surface area contributed by atoms with Gasteiger partial charge >= 0.3 is 0 Å². The van der Waals surface area contributed by atoms with E-state index in [0.29, 0.717) is 29.3 Å². The minimum absolute atomic E-state index is 0.0783. The molecule has 0 bridgehead atoms. The molecule has 4 aromatic rings. The Morgan fingerprint density at radius 3 is 2.31 bits per heavy atom. The lowest BCUT2D eigenvalue weighted by Gasteiger charge is -2.22. The molecule has 1 atom stereocenters. The molecule has 0 fully saturated rings. The molecule has 0 saturated heterocycles. The van der Waals surface area contributed by atoms with Gasteiger partial charge in [0, 0.05) is 25.4 Å². The third-order valence-corrected chi connectivity index (χ3v) is 5.68. The highest BCUT2D eigenvalue weighted by atomic mass is 16.3. The Morgan fingerprint density at radius 1 is 0.971 bits per heavy atom. The van der Waals surface area contributed by atoms with Crippen LogP contribution in [0, 0.1) is 0 Å². The van der Waals surface area contributed by atoms with Crippen LogP contribution in [-0.4, -0.2) is 51.1 Å². The summed E-state index contributed by atoms with van der Waals surface area (Å²) in [5.74, 6) is 0.271. The van der Waals surface area contributed by atoms with Crippen molar-refractivity contribution in [1.82, 2.24) is 14.9 Å². The quantitative estimate of drug-likeness (QED) is 0.339. The third kappa shape index (κ3) is 6.22. The molecule has 3 aromatic carbocycles. The normalized spacial score (nSPS) is 11.6. The van der Waals surface area contributed by atoms with Gasteiger partial charge in [-0.3, -0.25) is 4.79 Å². The molecule has 3 N–H and O–H groups in total. The Balaban J connectivity index is 1.52. The Labute approximate surface area is 204 Å². The lowest BCUT2D eigenvalue weighted by Crippen LogP contribution is -2.31. The Bertz CT molecular complexity index is 1250. The first-order valence-corrected chi connectivity index (χ1v) is 11.4. The topological polar surface area (TPSA) is 98.6 Å². The molecule has 1 aromatic heterocycles. The van der Waals surface area contributed by atoms with Gasteiger partial charge in [-0.05, 0) is 29.7 Å². The van der Waals surface area contributed by atoms with Crippen molar-refractivity contribution in [2.24, 2.45) is 0 Å². The molecule has 35 heavy (non-hydrogen) atoms. The lowest BCUT2D eigenvalue weighted by atomic mass is 10.1. The largest absolute Gasteiger partial charge is 0.508 e. The van der Waals surface area contributed by atoms with E-state index in [1.54, 1.807) is 19.2 Å². The molecule has 1 unspecified atom stereocenters. The van der Waals surface area contributed by atoms with E-state index in [4.69, 9.17) is 0 Å². The molecule has 7 nitrogen and oxygen atoms in total. The monoisotopic (exact) mass is 468 g/mol. The summed E-state index contributed by atoms with van der Waals surface area (Å²) in [5.41, 5.74) is 3.50. The van der Waals surface area contributed by atoms with Crippen LogP contribution < -0.4 is 5.32 Å². The highest BCUT2D eigenvalue weighted by Gasteiger charge is 2.22. The van der Waals surface area contributed by atoms with Crippen molar-refractivity contribution in [2.75, 3.05) is 25.5 Å². The second kappa shape index (κ2) is 11.3. The predicted molar refractivity (Wildman–Crippen MR) is 136 cm³/mol. The van der Waals surface area contributed by atoms with Gasteiger partial charge in [-0.25, -0.2) is 9.97 Å². The van der Waals surface area contributed by atoms with Crippen molar-refractivity contribution < 1.29 is 15.0 Å². The number of hydrogen-bond acceptors (Lipinski definition) is 6. The fourth-order valence-electron chi connectivity index (χ4n) is 3.75. The van der Waals surface area contributed by atoms with E-state index in [9.17, 15) is 15.0 Å². The van der Waals surface area contributed by atoms with Crippen LogP contribution in [0.4, 0.5) is 5.95 Å². The van der Waals surface area contributed by atoms with Crippen LogP contribution in [-0.2, 0) is 6.42 Å². The van der Waals surface area contributed by atoms with Crippen LogP contribution in [0.15, 0.2) is 91.1 Å². The number of rotatable bonds is 9. The Hall–Kier alpha value is -4.23. The van der Waals surface area contributed by atoms with Crippen molar-refractivity contribution in [2.45, 2.75) is 12.5 Å². The second-order valence-electron chi connectivity index (χ2n) is 8.28. The molecule has 0 radical (unpaired) electrons. The number of aromatic nitrogens is 2. The summed E-state index contributed by atoms with van der Waals surface area (Å²) in [6, 6.07) is 25.9. The first-order valence-electron chi connectivity index (χ1n) is 11.4. The maximum Gasteiger partial charge on any atom is 0.257 e. The van der Waals surface area contributed by atoms with Gasteiger partial charge in [0.25, 0.3) is 5.91 Å². The number of aliphatic hydroxyl groups excluding tert-OH is 1. The number of phenols is 1. The number of benzene rings is 3. The first-order chi connectivity index (χ1) is 17.0. The molecular weight excluding hydrogens is 440 g/mol. The SMILES string of the molecule is CN(CC(O)c1ccc(O)cc1)C(=O)c1cnc(NCCc2ccccc2)nc1-c1ccccc1. The Morgan fingerprint density at radius 2 is 1.63 bits per heavy atom. The van der Waals surface area contributed by atoms with E-state index < -0.39 is 6.10 Å². The van der Waals surface area contributed by atoms with Crippen molar-refractivity contribution in [3.63, 3.8) is 0 Å². The summed E-state index contributed by atoms with van der Waals surface area (Å²) in [5, 5.41) is 23.3. The molecule has 0 aliphatic carbocycles. The fraction of sp³-hybridized carbons (Fsp3) is 0.179. The maximum atomic E-state index is 13.3. The van der Waals surface area contributed by atoms with Crippen LogP contribution in [0.2, 0.25) is 0 Å². The van der Waals surface area contributed by atoms with Crippen molar-refractivity contribution in [3.05, 3.63) is 108 Å². The Kier molecular flexibility index (Phi) is 7.70. The number of carbonyl (C=O) groups is 1. The second-order valence-corrected chi connectivity index (χ2v) is 8.28. The molecular formula is C28H28N4O3. The summed E-state index contributed by atoms with van der Waals surface area (Å²) in [4.78, 5) is 23.8. The van der Waals surface area contributed by atoms with E-state index in [2.05, 4.69) is 27.4 Å². The molecule has 0 spiro atoms. The number of amides is 1. The molecule has 4 rings (SSSR count). The van der Waals surface area contributed by atoms with Crippen LogP contribution in [0.5, 0.6) is 5.75 Å². The number of nitrogens with zero attached hydrogens (tertiary/aromatic N) is 3. The summed E-state index contributed by atoms with van der Waals surface area (Å²) in [6.45, 7) is 0.735. The van der Waals surface area contributed by atoms with Crippen molar-refractivity contribution in [1.29, 1.82) is 0 Å². The minimum atomic E-state index is -0.899.